The predicted octanol–water partition coefficient (Wildman–Crippen LogP) is 3.75. The molecule has 0 unspecified atom stereocenters. The van der Waals surface area contributed by atoms with Crippen LogP contribution in [0.3, 0.4) is 0 Å². The average molecular weight is 341 g/mol. The van der Waals surface area contributed by atoms with Gasteiger partial charge in [-0.25, -0.2) is 9.18 Å². The fourth-order valence-corrected chi connectivity index (χ4v) is 2.85. The second-order valence-electron chi connectivity index (χ2n) is 5.01. The highest BCUT2D eigenvalue weighted by Gasteiger charge is 2.22. The molecule has 0 atom stereocenters. The Bertz CT molecular complexity index is 674. The third kappa shape index (κ3) is 2.75. The highest BCUT2D eigenvalue weighted by Crippen LogP contribution is 2.34. The minimum absolute atomic E-state index is 0.0199. The van der Waals surface area contributed by atoms with Crippen molar-refractivity contribution in [2.45, 2.75) is 19.5 Å². The van der Waals surface area contributed by atoms with Gasteiger partial charge in [-0.1, -0.05) is 28.1 Å². The van der Waals surface area contributed by atoms with E-state index in [9.17, 15) is 9.18 Å². The number of aromatic nitrogens is 2. The molecule has 0 radical (unpaired) electrons. The summed E-state index contributed by atoms with van der Waals surface area (Å²) in [5.74, 6) is -1.08. The molecule has 0 bridgehead atoms. The molecule has 0 saturated heterocycles. The Balaban J connectivity index is 2.50. The summed E-state index contributed by atoms with van der Waals surface area (Å²) in [5, 5.41) is 12.9. The summed E-state index contributed by atoms with van der Waals surface area (Å²) in [7, 11) is 1.67. The van der Waals surface area contributed by atoms with Gasteiger partial charge in [-0.3, -0.25) is 4.68 Å². The van der Waals surface area contributed by atoms with Crippen molar-refractivity contribution >= 4 is 21.9 Å². The molecular weight excluding hydrogens is 327 g/mol. The molecular formula is C14H14BrFN2O2. The lowest BCUT2D eigenvalue weighted by molar-refractivity contribution is 0.0689. The molecule has 4 nitrogen and oxygen atoms in total. The molecule has 0 spiro atoms. The molecule has 0 amide bonds. The van der Waals surface area contributed by atoms with E-state index in [1.54, 1.807) is 25.2 Å². The van der Waals surface area contributed by atoms with Crippen LogP contribution >= 0.6 is 15.9 Å². The normalized spacial score (nSPS) is 11.7. The summed E-state index contributed by atoms with van der Waals surface area (Å²) in [6.07, 6.45) is 0. The van der Waals surface area contributed by atoms with Crippen LogP contribution in [0.15, 0.2) is 28.7 Å². The third-order valence-corrected chi connectivity index (χ3v) is 3.66. The highest BCUT2D eigenvalue weighted by molar-refractivity contribution is 9.10. The van der Waals surface area contributed by atoms with Crippen LogP contribution < -0.4 is 0 Å². The fourth-order valence-electron chi connectivity index (χ4n) is 2.00. The Kier molecular flexibility index (Phi) is 3.69. The zero-order valence-corrected chi connectivity index (χ0v) is 12.9. The van der Waals surface area contributed by atoms with Gasteiger partial charge in [0.25, 0.3) is 0 Å². The van der Waals surface area contributed by atoms with Crippen LogP contribution in [0, 0.1) is 0 Å². The number of nitrogens with zero attached hydrogens (tertiary/aromatic N) is 2. The first-order chi connectivity index (χ1) is 9.20. The number of aromatic carboxylic acids is 1. The Morgan fingerprint density at radius 3 is 2.50 bits per heavy atom. The standard InChI is InChI=1S/C14H14BrFN2O2/c1-14(2,16)9-5-4-8(6-10(9)15)12-7-11(13(19)20)17-18(12)3/h4-7H,1-3H3,(H,19,20). The molecule has 0 saturated carbocycles. The molecule has 2 rings (SSSR count). The molecule has 1 aromatic heterocycles. The Morgan fingerprint density at radius 1 is 1.40 bits per heavy atom. The molecule has 0 aliphatic heterocycles. The van der Waals surface area contributed by atoms with Crippen molar-refractivity contribution in [1.29, 1.82) is 0 Å². The van der Waals surface area contributed by atoms with E-state index < -0.39 is 11.6 Å². The van der Waals surface area contributed by atoms with Crippen LogP contribution in [0.2, 0.25) is 0 Å². The lowest BCUT2D eigenvalue weighted by atomic mass is 9.98. The van der Waals surface area contributed by atoms with Gasteiger partial charge in [-0.15, -0.1) is 0 Å². The number of aryl methyl sites for hydroxylation is 1. The first-order valence-electron chi connectivity index (χ1n) is 5.97. The molecule has 106 valence electrons. The number of hydrogen-bond acceptors (Lipinski definition) is 2. The van der Waals surface area contributed by atoms with Crippen molar-refractivity contribution in [2.24, 2.45) is 7.05 Å². The molecule has 20 heavy (non-hydrogen) atoms. The lowest BCUT2D eigenvalue weighted by Gasteiger charge is -2.17. The molecule has 0 fully saturated rings. The zero-order chi connectivity index (χ0) is 15.1. The van der Waals surface area contributed by atoms with Gasteiger partial charge in [0.2, 0.25) is 0 Å². The van der Waals surface area contributed by atoms with Gasteiger partial charge in [-0.2, -0.15) is 5.10 Å². The maximum absolute atomic E-state index is 14.0. The lowest BCUT2D eigenvalue weighted by Crippen LogP contribution is -2.09. The van der Waals surface area contributed by atoms with Crippen molar-refractivity contribution in [3.8, 4) is 11.3 Å². The van der Waals surface area contributed by atoms with Gasteiger partial charge in [0.15, 0.2) is 5.69 Å². The summed E-state index contributed by atoms with van der Waals surface area (Å²) in [5.41, 5.74) is 0.504. The van der Waals surface area contributed by atoms with E-state index in [0.29, 0.717) is 15.7 Å². The summed E-state index contributed by atoms with van der Waals surface area (Å²) in [6.45, 7) is 2.97. The number of alkyl halides is 1. The van der Waals surface area contributed by atoms with E-state index in [1.165, 1.54) is 24.6 Å². The maximum Gasteiger partial charge on any atom is 0.356 e. The number of carboxylic acids is 1. The monoisotopic (exact) mass is 340 g/mol. The van der Waals surface area contributed by atoms with Crippen molar-refractivity contribution in [3.63, 3.8) is 0 Å². The SMILES string of the molecule is Cn1nc(C(=O)O)cc1-c1ccc(C(C)(C)F)c(Br)c1. The van der Waals surface area contributed by atoms with Crippen LogP contribution in [-0.4, -0.2) is 20.9 Å². The summed E-state index contributed by atoms with van der Waals surface area (Å²) in [6, 6.07) is 6.70. The second-order valence-corrected chi connectivity index (χ2v) is 5.86. The van der Waals surface area contributed by atoms with E-state index in [2.05, 4.69) is 21.0 Å². The first-order valence-corrected chi connectivity index (χ1v) is 6.76. The number of carboxylic acid groups (broad SMARTS) is 1. The maximum atomic E-state index is 14.0. The number of halogens is 2. The van der Waals surface area contributed by atoms with Crippen LogP contribution in [-0.2, 0) is 12.7 Å². The molecule has 0 aliphatic rings. The van der Waals surface area contributed by atoms with Gasteiger partial charge in [0.1, 0.15) is 5.67 Å². The van der Waals surface area contributed by atoms with Crippen LogP contribution in [0.4, 0.5) is 4.39 Å². The van der Waals surface area contributed by atoms with E-state index in [0.717, 1.165) is 5.56 Å². The fraction of sp³-hybridized carbons (Fsp3) is 0.286. The average Bonchev–Trinajstić information content (AvgIpc) is 2.69. The molecule has 1 N–H and O–H groups in total. The number of benzene rings is 1. The van der Waals surface area contributed by atoms with Crippen LogP contribution in [0.25, 0.3) is 11.3 Å². The van der Waals surface area contributed by atoms with E-state index in [1.807, 2.05) is 0 Å². The molecule has 1 aromatic carbocycles. The molecule has 2 aromatic rings. The van der Waals surface area contributed by atoms with Crippen molar-refractivity contribution in [3.05, 3.63) is 40.0 Å². The zero-order valence-electron chi connectivity index (χ0n) is 11.3. The van der Waals surface area contributed by atoms with E-state index in [-0.39, 0.29) is 5.69 Å². The van der Waals surface area contributed by atoms with Crippen LogP contribution in [0.5, 0.6) is 0 Å². The highest BCUT2D eigenvalue weighted by atomic mass is 79.9. The van der Waals surface area contributed by atoms with Gasteiger partial charge < -0.3 is 5.11 Å². The number of carbonyl (C=O) groups is 1. The Labute approximate surface area is 124 Å². The quantitative estimate of drug-likeness (QED) is 0.925. The summed E-state index contributed by atoms with van der Waals surface area (Å²) >= 11 is 3.35. The van der Waals surface area contributed by atoms with Gasteiger partial charge in [0.05, 0.1) is 5.69 Å². The topological polar surface area (TPSA) is 55.1 Å². The van der Waals surface area contributed by atoms with Crippen LogP contribution in [0.1, 0.15) is 29.9 Å². The van der Waals surface area contributed by atoms with E-state index in [4.69, 9.17) is 5.11 Å². The number of rotatable bonds is 3. The molecule has 1 heterocycles. The smallest absolute Gasteiger partial charge is 0.356 e. The first kappa shape index (κ1) is 14.7. The molecule has 0 aliphatic carbocycles. The largest absolute Gasteiger partial charge is 0.476 e. The van der Waals surface area contributed by atoms with Crippen molar-refractivity contribution < 1.29 is 14.3 Å². The summed E-state index contributed by atoms with van der Waals surface area (Å²) < 4.78 is 16.1. The summed E-state index contributed by atoms with van der Waals surface area (Å²) in [4.78, 5) is 10.9. The van der Waals surface area contributed by atoms with Crippen molar-refractivity contribution in [2.75, 3.05) is 0 Å². The number of hydrogen-bond donors (Lipinski definition) is 1. The van der Waals surface area contributed by atoms with Gasteiger partial charge >= 0.3 is 5.97 Å². The molecule has 6 heteroatoms. The minimum atomic E-state index is -1.45. The van der Waals surface area contributed by atoms with E-state index >= 15 is 0 Å². The Morgan fingerprint density at radius 2 is 2.05 bits per heavy atom. The predicted molar refractivity (Wildman–Crippen MR) is 77.4 cm³/mol. The van der Waals surface area contributed by atoms with Crippen molar-refractivity contribution in [1.82, 2.24) is 9.78 Å². The van der Waals surface area contributed by atoms with Gasteiger partial charge in [0, 0.05) is 22.6 Å². The Hall–Kier alpha value is -1.69. The third-order valence-electron chi connectivity index (χ3n) is 3.00. The second kappa shape index (κ2) is 5.01. The van der Waals surface area contributed by atoms with Gasteiger partial charge in [-0.05, 0) is 26.0 Å². The minimum Gasteiger partial charge on any atom is -0.476 e.